The van der Waals surface area contributed by atoms with Gasteiger partial charge in [0.15, 0.2) is 5.96 Å². The van der Waals surface area contributed by atoms with Crippen molar-refractivity contribution in [2.24, 2.45) is 0 Å². The molecule has 0 radical (unpaired) electrons. The molecule has 1 heterocycles. The van der Waals surface area contributed by atoms with E-state index in [9.17, 15) is 0 Å². The van der Waals surface area contributed by atoms with Crippen molar-refractivity contribution in [3.63, 3.8) is 0 Å². The molecule has 3 N–H and O–H groups in total. The Balaban J connectivity index is 2.37. The Morgan fingerprint density at radius 2 is 2.50 bits per heavy atom. The van der Waals surface area contributed by atoms with Crippen LogP contribution in [0.3, 0.4) is 0 Å². The van der Waals surface area contributed by atoms with Gasteiger partial charge in [0.1, 0.15) is 0 Å². The van der Waals surface area contributed by atoms with Crippen LogP contribution in [0.1, 0.15) is 6.42 Å². The zero-order valence-corrected chi connectivity index (χ0v) is 6.09. The Morgan fingerprint density at radius 1 is 1.80 bits per heavy atom. The lowest BCUT2D eigenvalue weighted by molar-refractivity contribution is 0.188. The summed E-state index contributed by atoms with van der Waals surface area (Å²) in [6.45, 7) is 1.39. The Bertz CT molecular complexity index is 137. The zero-order chi connectivity index (χ0) is 7.56. The highest BCUT2D eigenvalue weighted by atomic mass is 16.3. The number of β-amino-alcohol motifs (C(OH)–C–C–N with tert-alkyl or cyclic N) is 1. The highest BCUT2D eigenvalue weighted by Gasteiger charge is 2.21. The van der Waals surface area contributed by atoms with Crippen molar-refractivity contribution in [3.05, 3.63) is 0 Å². The average molecular weight is 143 g/mol. The number of nitrogens with zero attached hydrogens (tertiary/aromatic N) is 1. The summed E-state index contributed by atoms with van der Waals surface area (Å²) in [5, 5.41) is 19.1. The first-order valence-corrected chi connectivity index (χ1v) is 3.43. The maximum absolute atomic E-state index is 9.08. The molecule has 10 heavy (non-hydrogen) atoms. The highest BCUT2D eigenvalue weighted by molar-refractivity contribution is 5.76. The first-order valence-electron chi connectivity index (χ1n) is 3.43. The molecule has 0 aliphatic carbocycles. The number of likely N-dealkylation sites (tertiary alicyclic amines) is 1. The number of aliphatic hydroxyl groups excluding tert-OH is 1. The second-order valence-electron chi connectivity index (χ2n) is 2.49. The van der Waals surface area contributed by atoms with Gasteiger partial charge in [-0.05, 0) is 6.42 Å². The fraction of sp³-hybridized carbons (Fsp3) is 0.833. The maximum atomic E-state index is 9.08. The third-order valence-electron chi connectivity index (χ3n) is 1.72. The molecule has 4 nitrogen and oxygen atoms in total. The van der Waals surface area contributed by atoms with E-state index >= 15 is 0 Å². The topological polar surface area (TPSA) is 59.4 Å². The van der Waals surface area contributed by atoms with Gasteiger partial charge >= 0.3 is 0 Å². The molecule has 1 aliphatic rings. The smallest absolute Gasteiger partial charge is 0.190 e. The Hall–Kier alpha value is -0.770. The Labute approximate surface area is 60.3 Å². The van der Waals surface area contributed by atoms with E-state index in [1.165, 1.54) is 0 Å². The van der Waals surface area contributed by atoms with Crippen molar-refractivity contribution in [3.8, 4) is 0 Å². The van der Waals surface area contributed by atoms with Crippen molar-refractivity contribution in [1.82, 2.24) is 10.2 Å². The van der Waals surface area contributed by atoms with E-state index in [2.05, 4.69) is 5.32 Å². The fourth-order valence-corrected chi connectivity index (χ4v) is 1.10. The van der Waals surface area contributed by atoms with Gasteiger partial charge in [-0.3, -0.25) is 5.41 Å². The summed E-state index contributed by atoms with van der Waals surface area (Å²) in [5.74, 6) is 0.400. The molecular weight excluding hydrogens is 130 g/mol. The number of hydrogen-bond acceptors (Lipinski definition) is 2. The van der Waals surface area contributed by atoms with Crippen molar-refractivity contribution >= 4 is 5.96 Å². The minimum absolute atomic E-state index is 0.242. The molecule has 0 spiro atoms. The molecule has 0 unspecified atom stereocenters. The second kappa shape index (κ2) is 2.88. The molecule has 0 saturated carbocycles. The van der Waals surface area contributed by atoms with Crippen LogP contribution in [0.4, 0.5) is 0 Å². The SMILES string of the molecule is CNC(=N)N1CC[C@@H](O)C1. The molecule has 4 heteroatoms. The van der Waals surface area contributed by atoms with Crippen molar-refractivity contribution in [2.75, 3.05) is 20.1 Å². The first-order chi connectivity index (χ1) is 4.74. The number of rotatable bonds is 0. The van der Waals surface area contributed by atoms with E-state index in [1.54, 1.807) is 7.05 Å². The molecule has 1 atom stereocenters. The number of aliphatic hydroxyl groups is 1. The van der Waals surface area contributed by atoms with E-state index in [0.717, 1.165) is 13.0 Å². The standard InChI is InChI=1S/C6H13N3O/c1-8-6(7)9-3-2-5(10)4-9/h5,10H,2-4H2,1H3,(H2,7,8)/t5-/m1/s1. The van der Waals surface area contributed by atoms with Gasteiger partial charge in [0, 0.05) is 20.1 Å². The summed E-state index contributed by atoms with van der Waals surface area (Å²) < 4.78 is 0. The van der Waals surface area contributed by atoms with Crippen LogP contribution in [-0.4, -0.2) is 42.2 Å². The zero-order valence-electron chi connectivity index (χ0n) is 6.09. The number of nitrogens with one attached hydrogen (secondary N) is 2. The summed E-state index contributed by atoms with van der Waals surface area (Å²) >= 11 is 0. The average Bonchev–Trinajstić information content (AvgIpc) is 2.34. The van der Waals surface area contributed by atoms with Crippen LogP contribution in [-0.2, 0) is 0 Å². The van der Waals surface area contributed by atoms with Crippen molar-refractivity contribution in [2.45, 2.75) is 12.5 Å². The number of guanidine groups is 1. The molecule has 0 aromatic rings. The van der Waals surface area contributed by atoms with Gasteiger partial charge < -0.3 is 15.3 Å². The van der Waals surface area contributed by atoms with Crippen LogP contribution in [0, 0.1) is 5.41 Å². The van der Waals surface area contributed by atoms with Crippen LogP contribution in [0.25, 0.3) is 0 Å². The molecular formula is C6H13N3O. The lowest BCUT2D eigenvalue weighted by Crippen LogP contribution is -2.37. The van der Waals surface area contributed by atoms with Crippen LogP contribution >= 0.6 is 0 Å². The van der Waals surface area contributed by atoms with E-state index in [-0.39, 0.29) is 6.10 Å². The van der Waals surface area contributed by atoms with E-state index in [4.69, 9.17) is 10.5 Å². The third kappa shape index (κ3) is 1.39. The predicted molar refractivity (Wildman–Crippen MR) is 39.0 cm³/mol. The normalized spacial score (nSPS) is 25.0. The minimum atomic E-state index is -0.242. The molecule has 0 aromatic heterocycles. The molecule has 58 valence electrons. The first kappa shape index (κ1) is 7.34. The van der Waals surface area contributed by atoms with Gasteiger partial charge in [-0.1, -0.05) is 0 Å². The van der Waals surface area contributed by atoms with Crippen molar-refractivity contribution in [1.29, 1.82) is 5.41 Å². The molecule has 1 aliphatic heterocycles. The fourth-order valence-electron chi connectivity index (χ4n) is 1.10. The lowest BCUT2D eigenvalue weighted by atomic mass is 10.3. The highest BCUT2D eigenvalue weighted by Crippen LogP contribution is 2.07. The maximum Gasteiger partial charge on any atom is 0.190 e. The van der Waals surface area contributed by atoms with Gasteiger partial charge in [-0.15, -0.1) is 0 Å². The van der Waals surface area contributed by atoms with E-state index in [0.29, 0.717) is 12.5 Å². The van der Waals surface area contributed by atoms with Crippen LogP contribution in [0.2, 0.25) is 0 Å². The second-order valence-corrected chi connectivity index (χ2v) is 2.49. The quantitative estimate of drug-likeness (QED) is 0.307. The summed E-state index contributed by atoms with van der Waals surface area (Å²) in [7, 11) is 1.72. The Morgan fingerprint density at radius 3 is 2.90 bits per heavy atom. The number of hydrogen-bond donors (Lipinski definition) is 3. The molecule has 1 rings (SSSR count). The van der Waals surface area contributed by atoms with E-state index < -0.39 is 0 Å². The van der Waals surface area contributed by atoms with E-state index in [1.807, 2.05) is 4.90 Å². The van der Waals surface area contributed by atoms with Gasteiger partial charge in [0.2, 0.25) is 0 Å². The summed E-state index contributed by atoms with van der Waals surface area (Å²) in [5.41, 5.74) is 0. The molecule has 0 aromatic carbocycles. The minimum Gasteiger partial charge on any atom is -0.391 e. The summed E-state index contributed by atoms with van der Waals surface area (Å²) in [6.07, 6.45) is 0.540. The van der Waals surface area contributed by atoms with Gasteiger partial charge in [0.05, 0.1) is 6.10 Å². The van der Waals surface area contributed by atoms with Gasteiger partial charge in [-0.25, -0.2) is 0 Å². The van der Waals surface area contributed by atoms with Gasteiger partial charge in [0.25, 0.3) is 0 Å². The van der Waals surface area contributed by atoms with Crippen LogP contribution in [0.15, 0.2) is 0 Å². The summed E-state index contributed by atoms with van der Waals surface area (Å²) in [6, 6.07) is 0. The Kier molecular flexibility index (Phi) is 2.11. The molecule has 1 saturated heterocycles. The monoisotopic (exact) mass is 143 g/mol. The molecule has 1 fully saturated rings. The lowest BCUT2D eigenvalue weighted by Gasteiger charge is -2.16. The van der Waals surface area contributed by atoms with Crippen LogP contribution < -0.4 is 5.32 Å². The summed E-state index contributed by atoms with van der Waals surface area (Å²) in [4.78, 5) is 1.82. The third-order valence-corrected chi connectivity index (χ3v) is 1.72. The van der Waals surface area contributed by atoms with Crippen molar-refractivity contribution < 1.29 is 5.11 Å². The van der Waals surface area contributed by atoms with Gasteiger partial charge in [-0.2, -0.15) is 0 Å². The molecule has 0 bridgehead atoms. The largest absolute Gasteiger partial charge is 0.391 e. The van der Waals surface area contributed by atoms with Crippen LogP contribution in [0.5, 0.6) is 0 Å². The predicted octanol–water partition coefficient (Wildman–Crippen LogP) is -0.793. The molecule has 0 amide bonds.